The molecule has 3 aromatic heterocycles. The van der Waals surface area contributed by atoms with Crippen molar-refractivity contribution in [2.75, 3.05) is 36.0 Å². The van der Waals surface area contributed by atoms with Crippen LogP contribution in [0.25, 0.3) is 11.2 Å². The van der Waals surface area contributed by atoms with Gasteiger partial charge in [0, 0.05) is 50.8 Å². The molecule has 0 aliphatic carbocycles. The Kier molecular flexibility index (Phi) is 7.13. The lowest BCUT2D eigenvalue weighted by Gasteiger charge is -2.41. The molecule has 1 unspecified atom stereocenters. The molecule has 8 rings (SSSR count). The van der Waals surface area contributed by atoms with Gasteiger partial charge in [-0.25, -0.2) is 14.6 Å². The Hall–Kier alpha value is -3.76. The zero-order valence-corrected chi connectivity index (χ0v) is 25.6. The highest BCUT2D eigenvalue weighted by Crippen LogP contribution is 2.48. The van der Waals surface area contributed by atoms with Gasteiger partial charge in [0.1, 0.15) is 17.2 Å². The Balaban J connectivity index is 1.08. The highest BCUT2D eigenvalue weighted by atomic mass is 16.5. The number of anilines is 3. The number of hydrogen-bond donors (Lipinski definition) is 1. The Morgan fingerprint density at radius 3 is 2.82 bits per heavy atom. The fourth-order valence-corrected chi connectivity index (χ4v) is 7.50. The van der Waals surface area contributed by atoms with Crippen molar-refractivity contribution in [3.63, 3.8) is 0 Å². The topological polar surface area (TPSA) is 107 Å². The number of rotatable bonds is 6. The number of hydrogen-bond acceptors (Lipinski definition) is 9. The number of nitrogens with two attached hydrogens (primary N) is 1. The van der Waals surface area contributed by atoms with Gasteiger partial charge in [-0.3, -0.25) is 4.98 Å². The summed E-state index contributed by atoms with van der Waals surface area (Å²) in [6.45, 7) is 5.44. The summed E-state index contributed by atoms with van der Waals surface area (Å²) in [7, 11) is 0. The van der Waals surface area contributed by atoms with Crippen molar-refractivity contribution in [2.24, 2.45) is 5.73 Å². The summed E-state index contributed by atoms with van der Waals surface area (Å²) >= 11 is 0. The molecule has 2 atom stereocenters. The number of benzene rings is 1. The predicted octanol–water partition coefficient (Wildman–Crippen LogP) is 5.78. The molecular formula is C34H42N8O2. The maximum absolute atomic E-state index is 6.87. The quantitative estimate of drug-likeness (QED) is 0.297. The summed E-state index contributed by atoms with van der Waals surface area (Å²) in [6, 6.07) is 10.6. The average molecular weight is 595 g/mol. The predicted molar refractivity (Wildman–Crippen MR) is 171 cm³/mol. The van der Waals surface area contributed by atoms with Crippen LogP contribution in [0.5, 0.6) is 5.75 Å². The van der Waals surface area contributed by atoms with Crippen molar-refractivity contribution in [3.8, 4) is 5.75 Å². The molecule has 1 aromatic carbocycles. The molecule has 4 aliphatic heterocycles. The van der Waals surface area contributed by atoms with E-state index in [1.807, 2.05) is 23.1 Å². The number of unbranched alkanes of at least 4 members (excludes halogenated alkanes) is 1. The lowest BCUT2D eigenvalue weighted by molar-refractivity contribution is -0.0368. The number of aryl methyl sites for hydroxylation is 2. The highest BCUT2D eigenvalue weighted by molar-refractivity contribution is 5.88. The van der Waals surface area contributed by atoms with Crippen LogP contribution in [0.15, 0.2) is 42.7 Å². The van der Waals surface area contributed by atoms with Crippen LogP contribution in [0.1, 0.15) is 87.4 Å². The highest BCUT2D eigenvalue weighted by Gasteiger charge is 2.48. The van der Waals surface area contributed by atoms with E-state index < -0.39 is 0 Å². The van der Waals surface area contributed by atoms with E-state index in [9.17, 15) is 0 Å². The molecule has 2 saturated heterocycles. The van der Waals surface area contributed by atoms with E-state index in [0.717, 1.165) is 123 Å². The molecule has 0 bridgehead atoms. The van der Waals surface area contributed by atoms with Crippen LogP contribution in [0, 0.1) is 0 Å². The zero-order chi connectivity index (χ0) is 29.7. The molecule has 4 aliphatic rings. The number of piperidine rings is 1. The molecule has 0 saturated carbocycles. The third-order valence-corrected chi connectivity index (χ3v) is 10.1. The van der Waals surface area contributed by atoms with Crippen LogP contribution < -0.4 is 20.3 Å². The van der Waals surface area contributed by atoms with E-state index in [-0.39, 0.29) is 17.9 Å². The van der Waals surface area contributed by atoms with Crippen LogP contribution in [0.2, 0.25) is 0 Å². The first-order chi connectivity index (χ1) is 21.6. The van der Waals surface area contributed by atoms with Crippen LogP contribution in [-0.2, 0) is 17.6 Å². The lowest BCUT2D eigenvalue weighted by atomic mass is 9.83. The molecule has 0 amide bonds. The number of pyridine rings is 1. The second-order valence-corrected chi connectivity index (χ2v) is 12.8. The second kappa shape index (κ2) is 11.3. The van der Waals surface area contributed by atoms with E-state index in [0.29, 0.717) is 0 Å². The van der Waals surface area contributed by atoms with E-state index in [1.54, 1.807) is 0 Å². The third-order valence-electron chi connectivity index (χ3n) is 10.1. The number of aromatic nitrogens is 5. The smallest absolute Gasteiger partial charge is 0.183 e. The Morgan fingerprint density at radius 1 is 1.07 bits per heavy atom. The average Bonchev–Trinajstić information content (AvgIpc) is 3.58. The molecule has 0 radical (unpaired) electrons. The van der Waals surface area contributed by atoms with Crippen LogP contribution in [0.4, 0.5) is 17.3 Å². The molecule has 10 nitrogen and oxygen atoms in total. The maximum atomic E-state index is 6.87. The van der Waals surface area contributed by atoms with Gasteiger partial charge in [0.25, 0.3) is 0 Å². The van der Waals surface area contributed by atoms with Crippen molar-refractivity contribution in [2.45, 2.75) is 89.0 Å². The number of nitrogens with zero attached hydrogens (tertiary/aromatic N) is 7. The van der Waals surface area contributed by atoms with Crippen LogP contribution >= 0.6 is 0 Å². The minimum Gasteiger partial charge on any atom is -0.485 e. The summed E-state index contributed by atoms with van der Waals surface area (Å²) in [5.74, 6) is 2.67. The SMILES string of the molecule is CCCCc1ccc2c(c1)OC1(CCN(c3cnc4c(N5CCCc6ncccc65)nn(C5CCCCO5)c4n3)CC1)[C@@H]2N. The van der Waals surface area contributed by atoms with E-state index >= 15 is 0 Å². The van der Waals surface area contributed by atoms with Crippen molar-refractivity contribution in [1.82, 2.24) is 24.7 Å². The summed E-state index contributed by atoms with van der Waals surface area (Å²) in [6.07, 6.45) is 13.9. The van der Waals surface area contributed by atoms with Gasteiger partial charge >= 0.3 is 0 Å². The lowest BCUT2D eigenvalue weighted by Crippen LogP contribution is -2.51. The first kappa shape index (κ1) is 27.8. The van der Waals surface area contributed by atoms with Gasteiger partial charge in [0.2, 0.25) is 0 Å². The van der Waals surface area contributed by atoms with Crippen LogP contribution in [-0.4, -0.2) is 56.6 Å². The van der Waals surface area contributed by atoms with Gasteiger partial charge in [-0.2, -0.15) is 0 Å². The largest absolute Gasteiger partial charge is 0.485 e. The molecule has 7 heterocycles. The zero-order valence-electron chi connectivity index (χ0n) is 25.6. The van der Waals surface area contributed by atoms with Gasteiger partial charge < -0.3 is 25.0 Å². The van der Waals surface area contributed by atoms with Gasteiger partial charge in [-0.1, -0.05) is 25.5 Å². The van der Waals surface area contributed by atoms with Crippen molar-refractivity contribution in [3.05, 3.63) is 59.5 Å². The van der Waals surface area contributed by atoms with Gasteiger partial charge in [-0.15, -0.1) is 5.10 Å². The molecule has 2 N–H and O–H groups in total. The third kappa shape index (κ3) is 4.70. The van der Waals surface area contributed by atoms with Gasteiger partial charge in [0.15, 0.2) is 23.2 Å². The molecule has 4 aromatic rings. The maximum Gasteiger partial charge on any atom is 0.183 e. The Labute approximate surface area is 258 Å². The summed E-state index contributed by atoms with van der Waals surface area (Å²) in [4.78, 5) is 19.5. The standard InChI is InChI=1S/C34H42N8O2/c1-2-3-8-23-12-13-24-27(21-23)44-34(31(24)35)14-18-40(19-15-34)28-22-37-30-32(38-28)42(29-11-4-5-20-43-29)39-33(30)41-17-7-9-25-26(41)10-6-16-36-25/h6,10,12-13,16,21-22,29,31H,2-5,7-9,11,14-15,17-20,35H2,1H3/t29?,31-/m1/s1. The Morgan fingerprint density at radius 2 is 1.98 bits per heavy atom. The monoisotopic (exact) mass is 594 g/mol. The molecule has 44 heavy (non-hydrogen) atoms. The first-order valence-corrected chi connectivity index (χ1v) is 16.5. The summed E-state index contributed by atoms with van der Waals surface area (Å²) in [5, 5.41) is 5.15. The summed E-state index contributed by atoms with van der Waals surface area (Å²) in [5.41, 5.74) is 12.8. The molecule has 10 heteroatoms. The van der Waals surface area contributed by atoms with E-state index in [4.69, 9.17) is 30.3 Å². The number of fused-ring (bicyclic) bond motifs is 3. The van der Waals surface area contributed by atoms with Gasteiger partial charge in [0.05, 0.1) is 23.6 Å². The molecule has 230 valence electrons. The summed E-state index contributed by atoms with van der Waals surface area (Å²) < 4.78 is 14.9. The molecule has 2 fully saturated rings. The minimum absolute atomic E-state index is 0.122. The van der Waals surface area contributed by atoms with E-state index in [1.165, 1.54) is 18.4 Å². The fourth-order valence-electron chi connectivity index (χ4n) is 7.50. The Bertz CT molecular complexity index is 1660. The van der Waals surface area contributed by atoms with Gasteiger partial charge in [-0.05, 0) is 68.7 Å². The first-order valence-electron chi connectivity index (χ1n) is 16.5. The van der Waals surface area contributed by atoms with Crippen molar-refractivity contribution >= 4 is 28.5 Å². The van der Waals surface area contributed by atoms with Crippen LogP contribution in [0.3, 0.4) is 0 Å². The van der Waals surface area contributed by atoms with Crippen molar-refractivity contribution < 1.29 is 9.47 Å². The molecule has 1 spiro atoms. The number of ether oxygens (including phenoxy) is 2. The second-order valence-electron chi connectivity index (χ2n) is 12.8. The fraction of sp³-hybridized carbons (Fsp3) is 0.529. The minimum atomic E-state index is -0.375. The van der Waals surface area contributed by atoms with Crippen molar-refractivity contribution in [1.29, 1.82) is 0 Å². The normalized spacial score (nSPS) is 22.7. The van der Waals surface area contributed by atoms with E-state index in [2.05, 4.69) is 46.0 Å². The molecular weight excluding hydrogens is 552 g/mol.